The third-order valence-corrected chi connectivity index (χ3v) is 7.80. The summed E-state index contributed by atoms with van der Waals surface area (Å²) in [6.45, 7) is 0. The van der Waals surface area contributed by atoms with Crippen LogP contribution in [0.2, 0.25) is 0 Å². The first-order valence-corrected chi connectivity index (χ1v) is 13.4. The molecule has 0 amide bonds. The van der Waals surface area contributed by atoms with Gasteiger partial charge in [0.25, 0.3) is 0 Å². The van der Waals surface area contributed by atoms with E-state index in [2.05, 4.69) is 45.3 Å². The number of nitrogens with one attached hydrogen (secondary N) is 3. The van der Waals surface area contributed by atoms with E-state index in [1.165, 1.54) is 0 Å². The lowest BCUT2D eigenvalue weighted by Crippen LogP contribution is -2.11. The molecule has 6 aromatic rings. The molecule has 0 saturated carbocycles. The van der Waals surface area contributed by atoms with Crippen molar-refractivity contribution in [3.05, 3.63) is 113 Å². The van der Waals surface area contributed by atoms with Crippen molar-refractivity contribution in [1.82, 2.24) is 24.5 Å². The van der Waals surface area contributed by atoms with Gasteiger partial charge < -0.3 is 19.5 Å². The highest BCUT2D eigenvalue weighted by Gasteiger charge is 2.19. The summed E-state index contributed by atoms with van der Waals surface area (Å²) >= 11 is 0. The van der Waals surface area contributed by atoms with Crippen molar-refractivity contribution < 1.29 is 0 Å². The number of H-pyrrole nitrogens is 3. The molecule has 3 aromatic carbocycles. The van der Waals surface area contributed by atoms with Gasteiger partial charge in [0.05, 0.1) is 5.69 Å². The lowest BCUT2D eigenvalue weighted by Gasteiger charge is -2.00. The van der Waals surface area contributed by atoms with Gasteiger partial charge in [0.15, 0.2) is 11.6 Å². The van der Waals surface area contributed by atoms with E-state index in [1.807, 2.05) is 72.4 Å². The van der Waals surface area contributed by atoms with Crippen molar-refractivity contribution in [1.29, 1.82) is 0 Å². The van der Waals surface area contributed by atoms with E-state index in [1.54, 1.807) is 0 Å². The molecular formula is C32H21N9. The topological polar surface area (TPSA) is 115 Å². The van der Waals surface area contributed by atoms with Crippen LogP contribution in [0.1, 0.15) is 0 Å². The molecule has 3 aromatic heterocycles. The molecule has 0 atom stereocenters. The Labute approximate surface area is 231 Å². The van der Waals surface area contributed by atoms with E-state index >= 15 is 0 Å². The summed E-state index contributed by atoms with van der Waals surface area (Å²) in [5.74, 6) is 2.74. The van der Waals surface area contributed by atoms with E-state index in [9.17, 15) is 0 Å². The molecule has 9 heteroatoms. The summed E-state index contributed by atoms with van der Waals surface area (Å²) < 4.78 is 2.04. The highest BCUT2D eigenvalue weighted by Crippen LogP contribution is 2.38. The number of aromatic nitrogens is 5. The van der Waals surface area contributed by atoms with E-state index in [0.29, 0.717) is 22.6 Å². The predicted molar refractivity (Wildman–Crippen MR) is 158 cm³/mol. The van der Waals surface area contributed by atoms with Crippen LogP contribution in [0.4, 0.5) is 23.3 Å². The Morgan fingerprint density at radius 1 is 0.512 bits per heavy atom. The zero-order chi connectivity index (χ0) is 27.1. The average molecular weight is 532 g/mol. The highest BCUT2D eigenvalue weighted by molar-refractivity contribution is 6.00. The predicted octanol–water partition coefficient (Wildman–Crippen LogP) is 5.09. The third-order valence-electron chi connectivity index (χ3n) is 7.80. The minimum Gasteiger partial charge on any atom is -0.358 e. The molecule has 8 bridgehead atoms. The molecule has 41 heavy (non-hydrogen) atoms. The van der Waals surface area contributed by atoms with Crippen LogP contribution < -0.4 is 22.0 Å². The number of hydrogen-bond donors (Lipinski definition) is 3. The van der Waals surface area contributed by atoms with Gasteiger partial charge in [-0.05, 0) is 12.1 Å². The fourth-order valence-electron chi connectivity index (χ4n) is 5.86. The summed E-state index contributed by atoms with van der Waals surface area (Å²) in [6.07, 6.45) is 1.88. The number of benzene rings is 3. The number of rotatable bonds is 0. The van der Waals surface area contributed by atoms with Crippen molar-refractivity contribution in [3.63, 3.8) is 0 Å². The first kappa shape index (κ1) is 22.0. The fourth-order valence-corrected chi connectivity index (χ4v) is 5.86. The number of hydrogen-bond acceptors (Lipinski definition) is 5. The van der Waals surface area contributed by atoms with Gasteiger partial charge in [0, 0.05) is 51.1 Å². The Bertz CT molecular complexity index is 2380. The fraction of sp³-hybridized carbons (Fsp3) is 0.0312. The average Bonchev–Trinajstić information content (AvgIpc) is 3.72. The van der Waals surface area contributed by atoms with Crippen LogP contribution in [-0.4, -0.2) is 24.5 Å². The molecule has 3 N–H and O–H groups in total. The lowest BCUT2D eigenvalue weighted by molar-refractivity contribution is 0.907. The molecule has 6 heterocycles. The summed E-state index contributed by atoms with van der Waals surface area (Å²) in [6, 6.07) is 28.5. The molecule has 0 radical (unpaired) electrons. The number of fused-ring (bicyclic) bond motifs is 20. The Morgan fingerprint density at radius 2 is 0.976 bits per heavy atom. The van der Waals surface area contributed by atoms with Gasteiger partial charge >= 0.3 is 0 Å². The van der Waals surface area contributed by atoms with Gasteiger partial charge in [-0.25, -0.2) is 25.0 Å². The minimum absolute atomic E-state index is 0.553. The second-order valence-electron chi connectivity index (χ2n) is 10.2. The summed E-state index contributed by atoms with van der Waals surface area (Å²) in [5.41, 5.74) is 4.52. The Hall–Kier alpha value is -5.83. The van der Waals surface area contributed by atoms with E-state index in [-0.39, 0.29) is 0 Å². The van der Waals surface area contributed by atoms with Crippen LogP contribution in [0.15, 0.2) is 111 Å². The van der Waals surface area contributed by atoms with E-state index in [0.717, 1.165) is 66.2 Å². The molecule has 3 aliphatic heterocycles. The van der Waals surface area contributed by atoms with E-state index < -0.39 is 0 Å². The minimum atomic E-state index is 0.553. The lowest BCUT2D eigenvalue weighted by atomic mass is 10.2. The maximum atomic E-state index is 5.18. The number of pyridine rings is 1. The number of nitrogens with zero attached hydrogens (tertiary/aromatic N) is 6. The summed E-state index contributed by atoms with van der Waals surface area (Å²) in [5, 5.41) is 5.91. The zero-order valence-electron chi connectivity index (χ0n) is 21.8. The molecule has 9 nitrogen and oxygen atoms in total. The largest absolute Gasteiger partial charge is 0.358 e. The summed E-state index contributed by atoms with van der Waals surface area (Å²) in [7, 11) is 2.00. The van der Waals surface area contributed by atoms with Gasteiger partial charge in [-0.1, -0.05) is 72.8 Å². The maximum Gasteiger partial charge on any atom is 0.180 e. The van der Waals surface area contributed by atoms with Gasteiger partial charge in [-0.15, -0.1) is 0 Å². The second-order valence-corrected chi connectivity index (χ2v) is 10.2. The molecule has 3 aliphatic rings. The van der Waals surface area contributed by atoms with Crippen LogP contribution in [0.5, 0.6) is 0 Å². The van der Waals surface area contributed by atoms with Crippen molar-refractivity contribution >= 4 is 55.6 Å². The molecule has 0 fully saturated rings. The molecule has 0 aliphatic carbocycles. The van der Waals surface area contributed by atoms with Crippen LogP contribution in [0, 0.1) is 0 Å². The van der Waals surface area contributed by atoms with Crippen LogP contribution >= 0.6 is 0 Å². The van der Waals surface area contributed by atoms with Crippen molar-refractivity contribution in [2.75, 3.05) is 0 Å². The normalized spacial score (nSPS) is 12.8. The molecule has 194 valence electrons. The van der Waals surface area contributed by atoms with Gasteiger partial charge in [0.1, 0.15) is 33.6 Å². The molecule has 0 saturated heterocycles. The monoisotopic (exact) mass is 531 g/mol. The van der Waals surface area contributed by atoms with Crippen molar-refractivity contribution in [2.24, 2.45) is 27.0 Å². The molecule has 0 spiro atoms. The van der Waals surface area contributed by atoms with E-state index in [4.69, 9.17) is 25.0 Å². The van der Waals surface area contributed by atoms with Crippen LogP contribution in [0.25, 0.3) is 43.6 Å². The maximum absolute atomic E-state index is 5.18. The van der Waals surface area contributed by atoms with Gasteiger partial charge in [-0.3, -0.25) is 0 Å². The zero-order valence-corrected chi connectivity index (χ0v) is 21.8. The van der Waals surface area contributed by atoms with Gasteiger partial charge in [0.2, 0.25) is 0 Å². The SMILES string of the molecule is Cn1c2c3ccccc3c1N=c1[nH]c(c3ccccc13)=Nc1nc(c3ccc[nH]c1-3)N=c1[nH]c(c3ccccc13)=N2. The second kappa shape index (κ2) is 8.09. The van der Waals surface area contributed by atoms with Gasteiger partial charge in [-0.2, -0.15) is 0 Å². The van der Waals surface area contributed by atoms with Crippen LogP contribution in [0.3, 0.4) is 0 Å². The Balaban J connectivity index is 1.52. The Kier molecular flexibility index (Phi) is 4.35. The quantitative estimate of drug-likeness (QED) is 0.249. The third kappa shape index (κ3) is 3.14. The molecule has 9 rings (SSSR count). The smallest absolute Gasteiger partial charge is 0.180 e. The molecule has 0 unspecified atom stereocenters. The first-order chi connectivity index (χ1) is 20.2. The first-order valence-electron chi connectivity index (χ1n) is 13.4. The standard InChI is InChI=1S/C32H21N9/c1-41-31-21-13-6-7-14-22(21)32(41)40-28-20-12-5-3-10-18(20)26(35-28)37-30-24-23(15-8-16-33-24)29(38-30)36-25-17-9-2-4-11-19(17)27(34-25)39-31/h2-16,33H,1H3,(H,35,37,40)(H,34,36,38,39). The van der Waals surface area contributed by atoms with Crippen molar-refractivity contribution in [2.45, 2.75) is 0 Å². The van der Waals surface area contributed by atoms with Crippen LogP contribution in [-0.2, 0) is 7.05 Å². The highest BCUT2D eigenvalue weighted by atomic mass is 15.1. The Morgan fingerprint density at radius 3 is 1.51 bits per heavy atom. The molecular weight excluding hydrogens is 510 g/mol. The number of aromatic amines is 3. The summed E-state index contributed by atoms with van der Waals surface area (Å²) in [4.78, 5) is 35.6. The van der Waals surface area contributed by atoms with Crippen molar-refractivity contribution in [3.8, 4) is 11.3 Å².